The number of imidazole rings is 1. The third kappa shape index (κ3) is 8.02. The van der Waals surface area contributed by atoms with E-state index in [1.807, 2.05) is 13.8 Å². The molecule has 0 bridgehead atoms. The molecule has 3 amide bonds. The van der Waals surface area contributed by atoms with Gasteiger partial charge in [-0.1, -0.05) is 19.9 Å². The van der Waals surface area contributed by atoms with Crippen LogP contribution in [0.15, 0.2) is 41.3 Å². The van der Waals surface area contributed by atoms with Crippen molar-refractivity contribution in [2.24, 2.45) is 11.8 Å². The van der Waals surface area contributed by atoms with E-state index in [4.69, 9.17) is 0 Å². The van der Waals surface area contributed by atoms with Crippen molar-refractivity contribution in [3.63, 3.8) is 0 Å². The summed E-state index contributed by atoms with van der Waals surface area (Å²) in [5.41, 5.74) is 0.210. The fraction of sp³-hybridized carbons (Fsp3) is 0.414. The number of pyridine rings is 1. The van der Waals surface area contributed by atoms with E-state index in [0.29, 0.717) is 24.2 Å². The predicted molar refractivity (Wildman–Crippen MR) is 154 cm³/mol. The molecule has 0 fully saturated rings. The summed E-state index contributed by atoms with van der Waals surface area (Å²) in [7, 11) is 4.55. The Kier molecular flexibility index (Phi) is 10.6. The predicted octanol–water partition coefficient (Wildman–Crippen LogP) is 3.84. The van der Waals surface area contributed by atoms with Crippen LogP contribution in [0.25, 0.3) is 11.0 Å². The minimum atomic E-state index is -1.21. The molecular weight excluding hydrogens is 550 g/mol. The number of likely N-dealkylation sites (N-methyl/N-ethyl adjacent to an activating group) is 1. The molecule has 226 valence electrons. The normalized spacial score (nSPS) is 12.2. The number of H-pyrrole nitrogens is 1. The zero-order chi connectivity index (χ0) is 31.1. The van der Waals surface area contributed by atoms with Crippen LogP contribution in [-0.2, 0) is 22.6 Å². The number of carbonyl (C=O) groups is 3. The summed E-state index contributed by atoms with van der Waals surface area (Å²) in [5, 5.41) is 11.9. The highest BCUT2D eigenvalue weighted by Crippen LogP contribution is 2.25. The summed E-state index contributed by atoms with van der Waals surface area (Å²) in [4.78, 5) is 59.3. The molecule has 0 unspecified atom stereocenters. The Morgan fingerprint density at radius 1 is 1.21 bits per heavy atom. The molecule has 3 aromatic rings. The second-order valence-electron chi connectivity index (χ2n) is 10.7. The molecule has 0 spiro atoms. The number of benzene rings is 1. The zero-order valence-corrected chi connectivity index (χ0v) is 24.3. The molecule has 2 heterocycles. The number of aromatic nitrogens is 3. The van der Waals surface area contributed by atoms with Gasteiger partial charge >= 0.3 is 6.09 Å². The van der Waals surface area contributed by atoms with Crippen molar-refractivity contribution in [2.75, 3.05) is 33.0 Å². The first-order valence-electron chi connectivity index (χ1n) is 13.5. The summed E-state index contributed by atoms with van der Waals surface area (Å²) >= 11 is 0. The Morgan fingerprint density at radius 2 is 1.93 bits per heavy atom. The maximum atomic E-state index is 14.5. The van der Waals surface area contributed by atoms with Gasteiger partial charge < -0.3 is 29.8 Å². The Hall–Kier alpha value is -4.55. The highest BCUT2D eigenvalue weighted by molar-refractivity contribution is 5.92. The van der Waals surface area contributed by atoms with Crippen molar-refractivity contribution in [1.29, 1.82) is 0 Å². The van der Waals surface area contributed by atoms with Crippen molar-refractivity contribution >= 4 is 34.6 Å². The molecule has 3 rings (SSSR count). The Morgan fingerprint density at radius 3 is 2.57 bits per heavy atom. The van der Waals surface area contributed by atoms with Gasteiger partial charge in [0.25, 0.3) is 5.56 Å². The van der Waals surface area contributed by atoms with E-state index >= 15 is 0 Å². The molecule has 11 nitrogen and oxygen atoms in total. The number of anilines is 1. The number of hydrogen-bond acceptors (Lipinski definition) is 5. The highest BCUT2D eigenvalue weighted by atomic mass is 19.2. The van der Waals surface area contributed by atoms with Crippen molar-refractivity contribution < 1.29 is 28.3 Å². The molecule has 1 atom stereocenters. The number of fused-ring (bicyclic) bond motifs is 1. The molecule has 0 saturated heterocycles. The average Bonchev–Trinajstić information content (AvgIpc) is 3.31. The molecule has 3 N–H and O–H groups in total. The summed E-state index contributed by atoms with van der Waals surface area (Å²) in [6, 6.07) is 3.99. The fourth-order valence-electron chi connectivity index (χ4n) is 4.38. The lowest BCUT2D eigenvalue weighted by atomic mass is 10.0. The standard InChI is InChI=1S/C29H36F2N6O5/c1-17(2)13-19-25(31)20(30)14-22-26(19)34-23(32-22)16-37-12-8-10-21(28(37)40)33-27(39)18(15-36(5)29(41)42)9-6-7-11-24(38)35(3)4/h7-8,10-12,14,17-18H,6,9,13,15-16H2,1-5H3,(H,32,34)(H,33,39)(H,41,42)/b11-7+/t18-/m0/s1. The maximum absolute atomic E-state index is 14.5. The van der Waals surface area contributed by atoms with Gasteiger partial charge in [-0.15, -0.1) is 0 Å². The van der Waals surface area contributed by atoms with Crippen LogP contribution in [0.2, 0.25) is 0 Å². The first kappa shape index (κ1) is 32.0. The van der Waals surface area contributed by atoms with Gasteiger partial charge in [-0.25, -0.2) is 18.6 Å². The molecule has 42 heavy (non-hydrogen) atoms. The van der Waals surface area contributed by atoms with Crippen LogP contribution in [0.3, 0.4) is 0 Å². The van der Waals surface area contributed by atoms with Gasteiger partial charge in [0.1, 0.15) is 11.5 Å². The summed E-state index contributed by atoms with van der Waals surface area (Å²) in [6.07, 6.45) is 4.11. The SMILES string of the molecule is CC(C)Cc1c(F)c(F)cc2nc(Cn3cccc(NC(=O)[C@@H](CC/C=C/C(=O)N(C)C)CN(C)C(=O)O)c3=O)[nH]c12. The number of aromatic amines is 1. The first-order chi connectivity index (χ1) is 19.8. The van der Waals surface area contributed by atoms with Gasteiger partial charge in [0.05, 0.1) is 23.5 Å². The number of rotatable bonds is 12. The molecule has 13 heteroatoms. The summed E-state index contributed by atoms with van der Waals surface area (Å²) in [5.74, 6) is -3.16. The number of carbonyl (C=O) groups excluding carboxylic acids is 2. The number of allylic oxidation sites excluding steroid dienone is 1. The fourth-order valence-corrected chi connectivity index (χ4v) is 4.38. The molecular formula is C29H36F2N6O5. The summed E-state index contributed by atoms with van der Waals surface area (Å²) < 4.78 is 30.0. The molecule has 0 aliphatic rings. The molecule has 0 aliphatic carbocycles. The lowest BCUT2D eigenvalue weighted by molar-refractivity contribution is -0.123. The summed E-state index contributed by atoms with van der Waals surface area (Å²) in [6.45, 7) is 3.60. The minimum Gasteiger partial charge on any atom is -0.465 e. The number of carboxylic acid groups (broad SMARTS) is 1. The van der Waals surface area contributed by atoms with Crippen molar-refractivity contribution in [3.05, 3.63) is 69.9 Å². The molecule has 2 aromatic heterocycles. The van der Waals surface area contributed by atoms with Gasteiger partial charge in [-0.3, -0.25) is 14.4 Å². The van der Waals surface area contributed by atoms with Gasteiger partial charge in [0.2, 0.25) is 11.8 Å². The third-order valence-electron chi connectivity index (χ3n) is 6.61. The second kappa shape index (κ2) is 13.9. The van der Waals surface area contributed by atoms with Crippen LogP contribution in [0.1, 0.15) is 38.1 Å². The van der Waals surface area contributed by atoms with Gasteiger partial charge in [0, 0.05) is 45.5 Å². The van der Waals surface area contributed by atoms with Crippen LogP contribution < -0.4 is 10.9 Å². The lowest BCUT2D eigenvalue weighted by Crippen LogP contribution is -2.37. The monoisotopic (exact) mass is 586 g/mol. The van der Waals surface area contributed by atoms with E-state index in [0.717, 1.165) is 11.0 Å². The second-order valence-corrected chi connectivity index (χ2v) is 10.7. The van der Waals surface area contributed by atoms with Crippen molar-refractivity contribution in [2.45, 2.75) is 39.7 Å². The van der Waals surface area contributed by atoms with Crippen LogP contribution in [0, 0.1) is 23.5 Å². The quantitative estimate of drug-likeness (QED) is 0.276. The van der Waals surface area contributed by atoms with E-state index in [-0.39, 0.29) is 48.1 Å². The Labute approximate surface area is 241 Å². The molecule has 0 aliphatic heterocycles. The number of halogens is 2. The molecule has 0 radical (unpaired) electrons. The Balaban J connectivity index is 1.82. The van der Waals surface area contributed by atoms with Crippen LogP contribution >= 0.6 is 0 Å². The van der Waals surface area contributed by atoms with Crippen molar-refractivity contribution in [3.8, 4) is 0 Å². The van der Waals surface area contributed by atoms with Gasteiger partial charge in [0.15, 0.2) is 11.6 Å². The van der Waals surface area contributed by atoms with Crippen LogP contribution in [0.4, 0.5) is 19.3 Å². The molecule has 0 saturated carbocycles. The van der Waals surface area contributed by atoms with Gasteiger partial charge in [-0.05, 0) is 43.4 Å². The number of amides is 3. The van der Waals surface area contributed by atoms with Crippen LogP contribution in [0.5, 0.6) is 0 Å². The smallest absolute Gasteiger partial charge is 0.407 e. The Bertz CT molecular complexity index is 1550. The van der Waals surface area contributed by atoms with E-state index in [1.165, 1.54) is 34.9 Å². The average molecular weight is 587 g/mol. The first-order valence-corrected chi connectivity index (χ1v) is 13.5. The maximum Gasteiger partial charge on any atom is 0.407 e. The number of nitrogens with zero attached hydrogens (tertiary/aromatic N) is 4. The topological polar surface area (TPSA) is 141 Å². The number of nitrogens with one attached hydrogen (secondary N) is 2. The van der Waals surface area contributed by atoms with E-state index in [2.05, 4.69) is 15.3 Å². The number of hydrogen-bond donors (Lipinski definition) is 3. The minimum absolute atomic E-state index is 0.0301. The largest absolute Gasteiger partial charge is 0.465 e. The van der Waals surface area contributed by atoms with Crippen LogP contribution in [-0.4, -0.2) is 75.0 Å². The third-order valence-corrected chi connectivity index (χ3v) is 6.61. The van der Waals surface area contributed by atoms with E-state index < -0.39 is 35.1 Å². The van der Waals surface area contributed by atoms with E-state index in [9.17, 15) is 33.1 Å². The van der Waals surface area contributed by atoms with Gasteiger partial charge in [-0.2, -0.15) is 0 Å². The van der Waals surface area contributed by atoms with Crippen molar-refractivity contribution in [1.82, 2.24) is 24.3 Å². The zero-order valence-electron chi connectivity index (χ0n) is 24.3. The molecule has 1 aromatic carbocycles. The highest BCUT2D eigenvalue weighted by Gasteiger charge is 2.23. The van der Waals surface area contributed by atoms with E-state index in [1.54, 1.807) is 26.2 Å². The lowest BCUT2D eigenvalue weighted by Gasteiger charge is -2.21.